The van der Waals surface area contributed by atoms with E-state index in [1.165, 1.54) is 37.7 Å². The maximum atomic E-state index is 6.07. The number of pyridine rings is 2. The van der Waals surface area contributed by atoms with E-state index in [9.17, 15) is 0 Å². The minimum atomic E-state index is 0.673. The van der Waals surface area contributed by atoms with Crippen molar-refractivity contribution in [1.29, 1.82) is 0 Å². The van der Waals surface area contributed by atoms with Crippen molar-refractivity contribution >= 4 is 22.1 Å². The maximum absolute atomic E-state index is 6.07. The first-order valence-corrected chi connectivity index (χ1v) is 9.13. The van der Waals surface area contributed by atoms with Crippen molar-refractivity contribution in [3.05, 3.63) is 60.4 Å². The van der Waals surface area contributed by atoms with Crippen LogP contribution in [0.3, 0.4) is 0 Å². The maximum Gasteiger partial charge on any atom is 0.227 e. The van der Waals surface area contributed by atoms with E-state index in [1.807, 2.05) is 12.3 Å². The Kier molecular flexibility index (Phi) is 3.51. The molecule has 4 aromatic rings. The molecule has 0 atom stereocenters. The normalized spacial score (nSPS) is 15.8. The summed E-state index contributed by atoms with van der Waals surface area (Å²) in [6, 6.07) is 14.7. The van der Waals surface area contributed by atoms with Crippen LogP contribution < -0.4 is 0 Å². The predicted molar refractivity (Wildman–Crippen MR) is 101 cm³/mol. The number of hydrogen-bond acceptors (Lipinski definition) is 3. The molecule has 0 radical (unpaired) electrons. The van der Waals surface area contributed by atoms with Gasteiger partial charge in [0.2, 0.25) is 5.71 Å². The summed E-state index contributed by atoms with van der Waals surface area (Å²) in [5, 5.41) is 2.16. The van der Waals surface area contributed by atoms with Gasteiger partial charge in [0.15, 0.2) is 0 Å². The van der Waals surface area contributed by atoms with Gasteiger partial charge < -0.3 is 4.42 Å². The summed E-state index contributed by atoms with van der Waals surface area (Å²) in [6.45, 7) is 0. The second-order valence-electron chi connectivity index (χ2n) is 6.95. The van der Waals surface area contributed by atoms with E-state index in [1.54, 1.807) is 6.20 Å². The number of rotatable bonds is 2. The molecule has 0 aliphatic heterocycles. The molecule has 0 amide bonds. The van der Waals surface area contributed by atoms with E-state index in [0.717, 1.165) is 27.6 Å². The Morgan fingerprint density at radius 3 is 2.64 bits per heavy atom. The Morgan fingerprint density at radius 2 is 1.72 bits per heavy atom. The highest BCUT2D eigenvalue weighted by Gasteiger charge is 2.18. The van der Waals surface area contributed by atoms with Crippen molar-refractivity contribution in [2.45, 2.75) is 38.0 Å². The lowest BCUT2D eigenvalue weighted by atomic mass is 9.84. The highest BCUT2D eigenvalue weighted by atomic mass is 16.3. The highest BCUT2D eigenvalue weighted by molar-refractivity contribution is 6.08. The van der Waals surface area contributed by atoms with Crippen LogP contribution in [0.2, 0.25) is 0 Å². The molecule has 124 valence electrons. The van der Waals surface area contributed by atoms with Gasteiger partial charge >= 0.3 is 0 Å². The minimum Gasteiger partial charge on any atom is -0.437 e. The van der Waals surface area contributed by atoms with Crippen molar-refractivity contribution in [3.8, 4) is 11.3 Å². The summed E-state index contributed by atoms with van der Waals surface area (Å²) in [5.74, 6) is 0.673. The van der Waals surface area contributed by atoms with Crippen LogP contribution in [-0.4, -0.2) is 9.97 Å². The smallest absolute Gasteiger partial charge is 0.227 e. The summed E-state index contributed by atoms with van der Waals surface area (Å²) in [7, 11) is 0. The number of fused-ring (bicyclic) bond motifs is 3. The molecule has 3 heterocycles. The van der Waals surface area contributed by atoms with Crippen LogP contribution in [0.1, 0.15) is 43.6 Å². The molecule has 1 aliphatic carbocycles. The van der Waals surface area contributed by atoms with E-state index < -0.39 is 0 Å². The van der Waals surface area contributed by atoms with Crippen LogP contribution in [0.15, 0.2) is 59.3 Å². The monoisotopic (exact) mass is 328 g/mol. The third-order valence-electron chi connectivity index (χ3n) is 5.41. The summed E-state index contributed by atoms with van der Waals surface area (Å²) in [6.07, 6.45) is 10.4. The number of aromatic nitrogens is 2. The zero-order valence-electron chi connectivity index (χ0n) is 14.1. The van der Waals surface area contributed by atoms with Gasteiger partial charge in [-0.25, -0.2) is 4.98 Å². The molecule has 0 bridgehead atoms. The lowest BCUT2D eigenvalue weighted by Gasteiger charge is -2.22. The van der Waals surface area contributed by atoms with Gasteiger partial charge in [-0.2, -0.15) is 0 Å². The molecule has 25 heavy (non-hydrogen) atoms. The van der Waals surface area contributed by atoms with E-state index in [2.05, 4.69) is 46.4 Å². The molecular formula is C22H20N2O. The van der Waals surface area contributed by atoms with Crippen LogP contribution in [-0.2, 0) is 0 Å². The second-order valence-corrected chi connectivity index (χ2v) is 6.95. The molecule has 3 heteroatoms. The van der Waals surface area contributed by atoms with E-state index >= 15 is 0 Å². The first-order valence-electron chi connectivity index (χ1n) is 9.13. The Hall–Kier alpha value is -2.68. The van der Waals surface area contributed by atoms with Crippen molar-refractivity contribution < 1.29 is 4.42 Å². The Morgan fingerprint density at radius 1 is 0.840 bits per heavy atom. The zero-order valence-corrected chi connectivity index (χ0v) is 14.1. The van der Waals surface area contributed by atoms with Gasteiger partial charge in [0.05, 0.1) is 5.69 Å². The fraction of sp³-hybridized carbons (Fsp3) is 0.273. The summed E-state index contributed by atoms with van der Waals surface area (Å²) in [5.41, 5.74) is 5.02. The van der Waals surface area contributed by atoms with Crippen LogP contribution in [0, 0.1) is 0 Å². The second kappa shape index (κ2) is 5.99. The fourth-order valence-corrected chi connectivity index (χ4v) is 4.12. The number of para-hydroxylation sites is 1. The molecule has 1 aliphatic rings. The van der Waals surface area contributed by atoms with Gasteiger partial charge in [-0.15, -0.1) is 0 Å². The van der Waals surface area contributed by atoms with Crippen LogP contribution in [0.5, 0.6) is 0 Å². The van der Waals surface area contributed by atoms with Crippen LogP contribution in [0.25, 0.3) is 33.3 Å². The fourth-order valence-electron chi connectivity index (χ4n) is 4.12. The summed E-state index contributed by atoms with van der Waals surface area (Å²) < 4.78 is 6.07. The quantitative estimate of drug-likeness (QED) is 0.447. The third-order valence-corrected chi connectivity index (χ3v) is 5.41. The first-order chi connectivity index (χ1) is 12.4. The topological polar surface area (TPSA) is 38.9 Å². The van der Waals surface area contributed by atoms with Crippen molar-refractivity contribution in [3.63, 3.8) is 0 Å². The van der Waals surface area contributed by atoms with Crippen LogP contribution >= 0.6 is 0 Å². The van der Waals surface area contributed by atoms with E-state index in [-0.39, 0.29) is 0 Å². The molecule has 5 rings (SSSR count). The van der Waals surface area contributed by atoms with Gasteiger partial charge in [0.25, 0.3) is 0 Å². The Bertz CT molecular complexity index is 1040. The number of furan rings is 1. The molecule has 1 aromatic carbocycles. The molecule has 0 unspecified atom stereocenters. The zero-order chi connectivity index (χ0) is 16.6. The van der Waals surface area contributed by atoms with Crippen molar-refractivity contribution in [2.75, 3.05) is 0 Å². The highest BCUT2D eigenvalue weighted by Crippen LogP contribution is 2.37. The van der Waals surface area contributed by atoms with Gasteiger partial charge in [-0.3, -0.25) is 4.98 Å². The average Bonchev–Trinajstić information content (AvgIpc) is 3.07. The number of hydrogen-bond donors (Lipinski definition) is 0. The third kappa shape index (κ3) is 2.51. The lowest BCUT2D eigenvalue weighted by Crippen LogP contribution is -2.04. The first kappa shape index (κ1) is 14.6. The van der Waals surface area contributed by atoms with E-state index in [4.69, 9.17) is 4.42 Å². The molecule has 0 spiro atoms. The largest absolute Gasteiger partial charge is 0.437 e. The van der Waals surface area contributed by atoms with Gasteiger partial charge in [0.1, 0.15) is 5.58 Å². The number of nitrogens with zero attached hydrogens (tertiary/aromatic N) is 2. The summed E-state index contributed by atoms with van der Waals surface area (Å²) >= 11 is 0. The SMILES string of the molecule is c1cnc2oc3c(-c4cc(C5CCCCC5)ccn4)cccc3c2c1. The lowest BCUT2D eigenvalue weighted by molar-refractivity contribution is 0.443. The molecule has 0 N–H and O–H groups in total. The molecular weight excluding hydrogens is 308 g/mol. The molecule has 1 fully saturated rings. The minimum absolute atomic E-state index is 0.673. The molecule has 0 saturated heterocycles. The Labute approximate surface area is 146 Å². The number of benzene rings is 1. The van der Waals surface area contributed by atoms with Gasteiger partial charge in [-0.05, 0) is 54.7 Å². The van der Waals surface area contributed by atoms with Crippen LogP contribution in [0.4, 0.5) is 0 Å². The van der Waals surface area contributed by atoms with Gasteiger partial charge in [-0.1, -0.05) is 31.4 Å². The molecule has 3 nitrogen and oxygen atoms in total. The van der Waals surface area contributed by atoms with Crippen molar-refractivity contribution in [1.82, 2.24) is 9.97 Å². The Balaban J connectivity index is 1.65. The van der Waals surface area contributed by atoms with Gasteiger partial charge in [0, 0.05) is 28.7 Å². The average molecular weight is 328 g/mol. The van der Waals surface area contributed by atoms with E-state index in [0.29, 0.717) is 11.6 Å². The molecule has 3 aromatic heterocycles. The van der Waals surface area contributed by atoms with Crippen molar-refractivity contribution in [2.24, 2.45) is 0 Å². The standard InChI is InChI=1S/C22H20N2O/c1-2-6-15(7-3-1)16-11-13-23-20(14-16)19-9-4-8-17-18-10-5-12-24-22(18)25-21(17)19/h4-5,8-15H,1-3,6-7H2. The summed E-state index contributed by atoms with van der Waals surface area (Å²) in [4.78, 5) is 9.00. The molecule has 1 saturated carbocycles. The predicted octanol–water partition coefficient (Wildman–Crippen LogP) is 6.09.